The van der Waals surface area contributed by atoms with Crippen molar-refractivity contribution in [3.8, 4) is 11.5 Å². The van der Waals surface area contributed by atoms with Crippen molar-refractivity contribution in [1.29, 1.82) is 0 Å². The Morgan fingerprint density at radius 1 is 1.11 bits per heavy atom. The van der Waals surface area contributed by atoms with Gasteiger partial charge in [-0.3, -0.25) is 4.79 Å². The van der Waals surface area contributed by atoms with Gasteiger partial charge in [-0.1, -0.05) is 29.8 Å². The molecule has 1 saturated heterocycles. The van der Waals surface area contributed by atoms with Crippen LogP contribution in [0.4, 0.5) is 10.5 Å². The molecule has 0 saturated carbocycles. The standard InChI is InChI=1S/C21H24ClN3O3/c1-24(2)21(27)25-12-10-15(11-13-25)20(26)23-18-14-16(22)8-9-19(18)28-17-6-4-3-5-7-17/h3-9,14-15H,10-13H2,1-2H3,(H,23,26). The molecule has 1 heterocycles. The highest BCUT2D eigenvalue weighted by atomic mass is 35.5. The van der Waals surface area contributed by atoms with Gasteiger partial charge in [0, 0.05) is 38.1 Å². The molecule has 148 valence electrons. The monoisotopic (exact) mass is 401 g/mol. The summed E-state index contributed by atoms with van der Waals surface area (Å²) in [6, 6.07) is 14.5. The Balaban J connectivity index is 1.66. The van der Waals surface area contributed by atoms with E-state index >= 15 is 0 Å². The number of carbonyl (C=O) groups is 2. The summed E-state index contributed by atoms with van der Waals surface area (Å²) in [6.07, 6.45) is 1.25. The second-order valence-corrected chi connectivity index (χ2v) is 7.42. The molecule has 6 nitrogen and oxygen atoms in total. The van der Waals surface area contributed by atoms with Crippen molar-refractivity contribution in [2.75, 3.05) is 32.5 Å². The first kappa shape index (κ1) is 20.0. The van der Waals surface area contributed by atoms with Crippen LogP contribution in [0, 0.1) is 5.92 Å². The number of nitrogens with zero attached hydrogens (tertiary/aromatic N) is 2. The zero-order valence-electron chi connectivity index (χ0n) is 16.0. The number of ether oxygens (including phenoxy) is 1. The highest BCUT2D eigenvalue weighted by Crippen LogP contribution is 2.33. The number of rotatable bonds is 4. The summed E-state index contributed by atoms with van der Waals surface area (Å²) in [5.74, 6) is 0.965. The van der Waals surface area contributed by atoms with E-state index in [9.17, 15) is 9.59 Å². The minimum absolute atomic E-state index is 0.0211. The molecule has 28 heavy (non-hydrogen) atoms. The van der Waals surface area contributed by atoms with Crippen molar-refractivity contribution in [3.05, 3.63) is 53.6 Å². The number of likely N-dealkylation sites (tertiary alicyclic amines) is 1. The van der Waals surface area contributed by atoms with Crippen LogP contribution < -0.4 is 10.1 Å². The fraction of sp³-hybridized carbons (Fsp3) is 0.333. The van der Waals surface area contributed by atoms with Crippen LogP contribution in [0.5, 0.6) is 11.5 Å². The van der Waals surface area contributed by atoms with E-state index in [0.29, 0.717) is 48.1 Å². The number of hydrogen-bond donors (Lipinski definition) is 1. The van der Waals surface area contributed by atoms with Gasteiger partial charge in [-0.05, 0) is 43.2 Å². The summed E-state index contributed by atoms with van der Waals surface area (Å²) in [6.45, 7) is 1.13. The van der Waals surface area contributed by atoms with Crippen LogP contribution >= 0.6 is 11.6 Å². The van der Waals surface area contributed by atoms with Gasteiger partial charge >= 0.3 is 6.03 Å². The molecule has 0 unspecified atom stereocenters. The molecule has 1 aliphatic rings. The van der Waals surface area contributed by atoms with E-state index in [4.69, 9.17) is 16.3 Å². The minimum atomic E-state index is -0.158. The van der Waals surface area contributed by atoms with Crippen LogP contribution in [0.1, 0.15) is 12.8 Å². The molecule has 0 aromatic heterocycles. The van der Waals surface area contributed by atoms with E-state index in [1.54, 1.807) is 42.1 Å². The molecule has 2 aromatic carbocycles. The molecule has 2 aromatic rings. The van der Waals surface area contributed by atoms with Crippen molar-refractivity contribution in [3.63, 3.8) is 0 Å². The molecule has 0 radical (unpaired) electrons. The predicted molar refractivity (Wildman–Crippen MR) is 110 cm³/mol. The summed E-state index contributed by atoms with van der Waals surface area (Å²) in [5, 5.41) is 3.46. The van der Waals surface area contributed by atoms with Gasteiger partial charge in [-0.2, -0.15) is 0 Å². The lowest BCUT2D eigenvalue weighted by atomic mass is 9.96. The molecule has 0 spiro atoms. The van der Waals surface area contributed by atoms with Crippen LogP contribution in [0.15, 0.2) is 48.5 Å². The molecule has 1 N–H and O–H groups in total. The van der Waals surface area contributed by atoms with Crippen LogP contribution in [0.2, 0.25) is 5.02 Å². The molecule has 0 aliphatic carbocycles. The quantitative estimate of drug-likeness (QED) is 0.822. The molecular formula is C21H24ClN3O3. The number of anilines is 1. The first-order valence-corrected chi connectivity index (χ1v) is 9.61. The SMILES string of the molecule is CN(C)C(=O)N1CCC(C(=O)Nc2cc(Cl)ccc2Oc2ccccc2)CC1. The third-order valence-corrected chi connectivity index (χ3v) is 4.92. The maximum absolute atomic E-state index is 12.8. The average molecular weight is 402 g/mol. The van der Waals surface area contributed by atoms with E-state index in [1.807, 2.05) is 30.3 Å². The van der Waals surface area contributed by atoms with E-state index in [0.717, 1.165) is 0 Å². The molecule has 3 rings (SSSR count). The Morgan fingerprint density at radius 3 is 2.43 bits per heavy atom. The Bertz CT molecular complexity index is 834. The predicted octanol–water partition coefficient (Wildman–Crippen LogP) is 4.46. The number of hydrogen-bond acceptors (Lipinski definition) is 3. The average Bonchev–Trinajstić information content (AvgIpc) is 2.70. The van der Waals surface area contributed by atoms with Crippen molar-refractivity contribution in [2.24, 2.45) is 5.92 Å². The maximum atomic E-state index is 12.8. The van der Waals surface area contributed by atoms with Gasteiger partial charge in [-0.25, -0.2) is 4.79 Å². The van der Waals surface area contributed by atoms with Gasteiger partial charge in [0.05, 0.1) is 5.69 Å². The number of nitrogens with one attached hydrogen (secondary N) is 1. The third kappa shape index (κ3) is 4.95. The number of benzene rings is 2. The number of piperidine rings is 1. The van der Waals surface area contributed by atoms with Gasteiger partial charge < -0.3 is 19.9 Å². The van der Waals surface area contributed by atoms with Gasteiger partial charge in [-0.15, -0.1) is 0 Å². The fourth-order valence-electron chi connectivity index (χ4n) is 3.15. The lowest BCUT2D eigenvalue weighted by molar-refractivity contribution is -0.121. The number of carbonyl (C=O) groups excluding carboxylic acids is 2. The Kier molecular flexibility index (Phi) is 6.41. The first-order valence-electron chi connectivity index (χ1n) is 9.23. The Morgan fingerprint density at radius 2 is 1.79 bits per heavy atom. The van der Waals surface area contributed by atoms with E-state index < -0.39 is 0 Å². The summed E-state index contributed by atoms with van der Waals surface area (Å²) in [5.41, 5.74) is 0.535. The van der Waals surface area contributed by atoms with Gasteiger partial charge in [0.2, 0.25) is 5.91 Å². The Hall–Kier alpha value is -2.73. The molecule has 0 bridgehead atoms. The van der Waals surface area contributed by atoms with Gasteiger partial charge in [0.1, 0.15) is 5.75 Å². The van der Waals surface area contributed by atoms with Crippen molar-refractivity contribution in [1.82, 2.24) is 9.80 Å². The lowest BCUT2D eigenvalue weighted by Crippen LogP contribution is -2.45. The molecular weight excluding hydrogens is 378 g/mol. The smallest absolute Gasteiger partial charge is 0.319 e. The number of para-hydroxylation sites is 1. The summed E-state index contributed by atoms with van der Waals surface area (Å²) < 4.78 is 5.90. The second kappa shape index (κ2) is 8.97. The van der Waals surface area contributed by atoms with Crippen LogP contribution in [0.3, 0.4) is 0 Å². The zero-order valence-corrected chi connectivity index (χ0v) is 16.8. The third-order valence-electron chi connectivity index (χ3n) is 4.69. The van der Waals surface area contributed by atoms with Gasteiger partial charge in [0.25, 0.3) is 0 Å². The van der Waals surface area contributed by atoms with E-state index in [2.05, 4.69) is 5.32 Å². The maximum Gasteiger partial charge on any atom is 0.319 e. The summed E-state index contributed by atoms with van der Waals surface area (Å²) in [7, 11) is 3.46. The van der Waals surface area contributed by atoms with Crippen LogP contribution in [0.25, 0.3) is 0 Å². The molecule has 1 fully saturated rings. The second-order valence-electron chi connectivity index (χ2n) is 6.98. The molecule has 7 heteroatoms. The normalized spacial score (nSPS) is 14.5. The minimum Gasteiger partial charge on any atom is -0.455 e. The zero-order chi connectivity index (χ0) is 20.1. The van der Waals surface area contributed by atoms with Crippen molar-refractivity contribution < 1.29 is 14.3 Å². The highest BCUT2D eigenvalue weighted by molar-refractivity contribution is 6.31. The summed E-state index contributed by atoms with van der Waals surface area (Å²) >= 11 is 6.12. The van der Waals surface area contributed by atoms with Crippen LogP contribution in [-0.4, -0.2) is 48.9 Å². The summed E-state index contributed by atoms with van der Waals surface area (Å²) in [4.78, 5) is 28.1. The Labute approximate surface area is 170 Å². The number of halogens is 1. The molecule has 0 atom stereocenters. The van der Waals surface area contributed by atoms with E-state index in [1.165, 1.54) is 0 Å². The van der Waals surface area contributed by atoms with Crippen molar-refractivity contribution >= 4 is 29.2 Å². The van der Waals surface area contributed by atoms with E-state index in [-0.39, 0.29) is 17.9 Å². The number of amides is 3. The fourth-order valence-corrected chi connectivity index (χ4v) is 3.33. The van der Waals surface area contributed by atoms with Gasteiger partial charge in [0.15, 0.2) is 5.75 Å². The van der Waals surface area contributed by atoms with Crippen molar-refractivity contribution in [2.45, 2.75) is 12.8 Å². The highest BCUT2D eigenvalue weighted by Gasteiger charge is 2.28. The number of urea groups is 1. The van der Waals surface area contributed by atoms with Crippen LogP contribution in [-0.2, 0) is 4.79 Å². The molecule has 1 aliphatic heterocycles. The molecule has 3 amide bonds. The largest absolute Gasteiger partial charge is 0.455 e. The lowest BCUT2D eigenvalue weighted by Gasteiger charge is -2.33. The first-order chi connectivity index (χ1) is 13.4. The topological polar surface area (TPSA) is 61.9 Å².